The summed E-state index contributed by atoms with van der Waals surface area (Å²) in [7, 11) is 0. The van der Waals surface area contributed by atoms with Crippen molar-refractivity contribution in [2.45, 2.75) is 13.3 Å². The van der Waals surface area contributed by atoms with Gasteiger partial charge in [-0.05, 0) is 24.1 Å². The Balaban J connectivity index is 1.93. The normalized spacial score (nSPS) is 10.3. The number of anilines is 1. The Labute approximate surface area is 147 Å². The molecule has 3 heteroatoms. The molecule has 0 aromatic heterocycles. The smallest absolute Gasteiger partial charge is 0.256 e. The number of ketones is 1. The number of aryl methyl sites for hydroxylation is 1. The van der Waals surface area contributed by atoms with Crippen molar-refractivity contribution in [1.29, 1.82) is 0 Å². The van der Waals surface area contributed by atoms with Crippen LogP contribution in [0.5, 0.6) is 0 Å². The van der Waals surface area contributed by atoms with Crippen molar-refractivity contribution in [1.82, 2.24) is 0 Å². The van der Waals surface area contributed by atoms with Gasteiger partial charge in [0, 0.05) is 16.8 Å². The number of hydrogen-bond donors (Lipinski definition) is 1. The molecule has 0 atom stereocenters. The van der Waals surface area contributed by atoms with Crippen LogP contribution >= 0.6 is 0 Å². The zero-order valence-corrected chi connectivity index (χ0v) is 14.0. The molecule has 3 aromatic rings. The average molecular weight is 329 g/mol. The van der Waals surface area contributed by atoms with Gasteiger partial charge in [0.1, 0.15) is 0 Å². The zero-order valence-electron chi connectivity index (χ0n) is 14.0. The quantitative estimate of drug-likeness (QED) is 0.688. The molecule has 0 saturated carbocycles. The molecule has 3 nitrogen and oxygen atoms in total. The van der Waals surface area contributed by atoms with Gasteiger partial charge in [0.25, 0.3) is 5.91 Å². The van der Waals surface area contributed by atoms with E-state index in [4.69, 9.17) is 0 Å². The Morgan fingerprint density at radius 3 is 2.08 bits per heavy atom. The highest BCUT2D eigenvalue weighted by Crippen LogP contribution is 2.19. The molecule has 3 aromatic carbocycles. The Morgan fingerprint density at radius 2 is 1.36 bits per heavy atom. The van der Waals surface area contributed by atoms with Crippen LogP contribution in [0, 0.1) is 0 Å². The van der Waals surface area contributed by atoms with E-state index in [9.17, 15) is 9.59 Å². The first kappa shape index (κ1) is 16.7. The van der Waals surface area contributed by atoms with E-state index in [1.165, 1.54) is 0 Å². The predicted octanol–water partition coefficient (Wildman–Crippen LogP) is 4.73. The van der Waals surface area contributed by atoms with Gasteiger partial charge in [-0.25, -0.2) is 0 Å². The number of carbonyl (C=O) groups excluding carboxylic acids is 2. The van der Waals surface area contributed by atoms with E-state index in [0.29, 0.717) is 16.7 Å². The second-order valence-electron chi connectivity index (χ2n) is 5.71. The predicted molar refractivity (Wildman–Crippen MR) is 100 cm³/mol. The average Bonchev–Trinajstić information content (AvgIpc) is 2.68. The van der Waals surface area contributed by atoms with Crippen LogP contribution in [-0.4, -0.2) is 11.7 Å². The summed E-state index contributed by atoms with van der Waals surface area (Å²) in [6.45, 7) is 2.04. The molecule has 1 amide bonds. The minimum Gasteiger partial charge on any atom is -0.322 e. The first-order valence-corrected chi connectivity index (χ1v) is 8.28. The summed E-state index contributed by atoms with van der Waals surface area (Å²) in [6, 6.07) is 23.6. The molecule has 0 heterocycles. The molecule has 0 aliphatic rings. The maximum Gasteiger partial charge on any atom is 0.256 e. The highest BCUT2D eigenvalue weighted by molar-refractivity contribution is 6.17. The molecule has 0 aliphatic carbocycles. The summed E-state index contributed by atoms with van der Waals surface area (Å²) >= 11 is 0. The van der Waals surface area contributed by atoms with E-state index in [1.807, 2.05) is 49.4 Å². The fourth-order valence-electron chi connectivity index (χ4n) is 2.76. The second kappa shape index (κ2) is 7.58. The van der Waals surface area contributed by atoms with Crippen molar-refractivity contribution >= 4 is 17.4 Å². The first-order valence-electron chi connectivity index (χ1n) is 8.28. The molecule has 124 valence electrons. The van der Waals surface area contributed by atoms with Crippen molar-refractivity contribution in [3.05, 3.63) is 101 Å². The fraction of sp³-hybridized carbons (Fsp3) is 0.0909. The third-order valence-corrected chi connectivity index (χ3v) is 4.10. The van der Waals surface area contributed by atoms with Gasteiger partial charge in [0.05, 0.1) is 5.56 Å². The molecule has 0 saturated heterocycles. The molecule has 0 unspecified atom stereocenters. The third kappa shape index (κ3) is 3.66. The second-order valence-corrected chi connectivity index (χ2v) is 5.71. The summed E-state index contributed by atoms with van der Waals surface area (Å²) in [6.07, 6.45) is 0.820. The van der Waals surface area contributed by atoms with Gasteiger partial charge in [-0.15, -0.1) is 0 Å². The number of benzene rings is 3. The summed E-state index contributed by atoms with van der Waals surface area (Å²) < 4.78 is 0. The van der Waals surface area contributed by atoms with E-state index in [0.717, 1.165) is 17.7 Å². The monoisotopic (exact) mass is 329 g/mol. The number of nitrogens with one attached hydrogen (secondary N) is 1. The van der Waals surface area contributed by atoms with Crippen molar-refractivity contribution in [3.8, 4) is 0 Å². The number of hydrogen-bond acceptors (Lipinski definition) is 2. The van der Waals surface area contributed by atoms with Gasteiger partial charge in [0.2, 0.25) is 0 Å². The lowest BCUT2D eigenvalue weighted by Gasteiger charge is -2.12. The Kier molecular flexibility index (Phi) is 5.05. The van der Waals surface area contributed by atoms with E-state index >= 15 is 0 Å². The topological polar surface area (TPSA) is 46.2 Å². The summed E-state index contributed by atoms with van der Waals surface area (Å²) in [5.41, 5.74) is 3.18. The van der Waals surface area contributed by atoms with Crippen LogP contribution in [-0.2, 0) is 6.42 Å². The molecular weight excluding hydrogens is 310 g/mol. The number of carbonyl (C=O) groups is 2. The van der Waals surface area contributed by atoms with Crippen molar-refractivity contribution in [2.75, 3.05) is 5.32 Å². The SMILES string of the molecule is CCc1ccccc1NC(=O)c1ccccc1C(=O)c1ccccc1. The van der Waals surface area contributed by atoms with Crippen LogP contribution in [0.25, 0.3) is 0 Å². The fourth-order valence-corrected chi connectivity index (χ4v) is 2.76. The van der Waals surface area contributed by atoms with Crippen LogP contribution in [0.15, 0.2) is 78.9 Å². The molecule has 1 N–H and O–H groups in total. The number of para-hydroxylation sites is 1. The van der Waals surface area contributed by atoms with Gasteiger partial charge >= 0.3 is 0 Å². The lowest BCUT2D eigenvalue weighted by Crippen LogP contribution is -2.17. The molecule has 0 bridgehead atoms. The van der Waals surface area contributed by atoms with Crippen molar-refractivity contribution in [2.24, 2.45) is 0 Å². The van der Waals surface area contributed by atoms with Crippen LogP contribution in [0.3, 0.4) is 0 Å². The molecule has 0 spiro atoms. The minimum atomic E-state index is -0.277. The molecule has 0 radical (unpaired) electrons. The Morgan fingerprint density at radius 1 is 0.760 bits per heavy atom. The molecular formula is C22H19NO2. The first-order chi connectivity index (χ1) is 12.2. The molecule has 0 fully saturated rings. The largest absolute Gasteiger partial charge is 0.322 e. The summed E-state index contributed by atoms with van der Waals surface area (Å²) in [5.74, 6) is -0.434. The Bertz CT molecular complexity index is 901. The van der Waals surface area contributed by atoms with Crippen LogP contribution in [0.2, 0.25) is 0 Å². The van der Waals surface area contributed by atoms with Crippen LogP contribution < -0.4 is 5.32 Å². The van der Waals surface area contributed by atoms with Gasteiger partial charge < -0.3 is 5.32 Å². The van der Waals surface area contributed by atoms with Crippen LogP contribution in [0.1, 0.15) is 38.8 Å². The maximum absolute atomic E-state index is 12.8. The maximum atomic E-state index is 12.8. The van der Waals surface area contributed by atoms with Crippen molar-refractivity contribution in [3.63, 3.8) is 0 Å². The highest BCUT2D eigenvalue weighted by Gasteiger charge is 2.18. The summed E-state index contributed by atoms with van der Waals surface area (Å²) in [4.78, 5) is 25.5. The van der Waals surface area contributed by atoms with Crippen LogP contribution in [0.4, 0.5) is 5.69 Å². The minimum absolute atomic E-state index is 0.157. The van der Waals surface area contributed by atoms with Gasteiger partial charge in [0.15, 0.2) is 5.78 Å². The lowest BCUT2D eigenvalue weighted by atomic mass is 9.97. The Hall–Kier alpha value is -3.20. The third-order valence-electron chi connectivity index (χ3n) is 4.10. The van der Waals surface area contributed by atoms with E-state index < -0.39 is 0 Å². The molecule has 25 heavy (non-hydrogen) atoms. The lowest BCUT2D eigenvalue weighted by molar-refractivity contribution is 0.0996. The highest BCUT2D eigenvalue weighted by atomic mass is 16.2. The van der Waals surface area contributed by atoms with E-state index in [1.54, 1.807) is 36.4 Å². The van der Waals surface area contributed by atoms with E-state index in [-0.39, 0.29) is 11.7 Å². The van der Waals surface area contributed by atoms with Gasteiger partial charge in [-0.2, -0.15) is 0 Å². The molecule has 0 aliphatic heterocycles. The number of amides is 1. The van der Waals surface area contributed by atoms with Gasteiger partial charge in [-0.3, -0.25) is 9.59 Å². The molecule has 3 rings (SSSR count). The number of rotatable bonds is 5. The van der Waals surface area contributed by atoms with E-state index in [2.05, 4.69) is 5.32 Å². The zero-order chi connectivity index (χ0) is 17.6. The van der Waals surface area contributed by atoms with Gasteiger partial charge in [-0.1, -0.05) is 73.7 Å². The summed E-state index contributed by atoms with van der Waals surface area (Å²) in [5, 5.41) is 2.93. The van der Waals surface area contributed by atoms with Crippen molar-refractivity contribution < 1.29 is 9.59 Å². The standard InChI is InChI=1S/C22H19NO2/c1-2-16-10-6-9-15-20(16)23-22(25)19-14-8-7-13-18(19)21(24)17-11-4-3-5-12-17/h3-15H,2H2,1H3,(H,23,25).